The van der Waals surface area contributed by atoms with Crippen molar-refractivity contribution < 1.29 is 9.53 Å². The second-order valence-electron chi connectivity index (χ2n) is 3.66. The maximum Gasteiger partial charge on any atom is 0.376 e. The number of hydrogen-bond acceptors (Lipinski definition) is 6. The van der Waals surface area contributed by atoms with E-state index in [0.29, 0.717) is 11.3 Å². The second-order valence-corrected chi connectivity index (χ2v) is 3.66. The van der Waals surface area contributed by atoms with E-state index in [1.165, 1.54) is 0 Å². The molecule has 0 aliphatic rings. The third kappa shape index (κ3) is 2.59. The van der Waals surface area contributed by atoms with Crippen molar-refractivity contribution in [3.05, 3.63) is 40.4 Å². The van der Waals surface area contributed by atoms with Gasteiger partial charge < -0.3 is 10.5 Å². The Morgan fingerprint density at radius 3 is 2.74 bits per heavy atom. The number of esters is 1. The van der Waals surface area contributed by atoms with Crippen molar-refractivity contribution in [1.29, 1.82) is 0 Å². The highest BCUT2D eigenvalue weighted by atomic mass is 16.5. The summed E-state index contributed by atoms with van der Waals surface area (Å²) in [6.07, 6.45) is 0. The molecule has 1 heterocycles. The Labute approximate surface area is 108 Å². The summed E-state index contributed by atoms with van der Waals surface area (Å²) in [5.41, 5.74) is 6.14. The van der Waals surface area contributed by atoms with Crippen LogP contribution >= 0.6 is 0 Å². The van der Waals surface area contributed by atoms with E-state index in [1.807, 2.05) is 0 Å². The SMILES string of the molecule is CCOC(=O)c1nnc(-c2ccccc2N)c(=O)[nH]1. The third-order valence-corrected chi connectivity index (χ3v) is 2.38. The number of aromatic nitrogens is 3. The molecule has 7 nitrogen and oxygen atoms in total. The number of carbonyl (C=O) groups excluding carboxylic acids is 1. The lowest BCUT2D eigenvalue weighted by Gasteiger charge is -2.04. The van der Waals surface area contributed by atoms with Crippen LogP contribution in [0.5, 0.6) is 0 Å². The fourth-order valence-electron chi connectivity index (χ4n) is 1.52. The van der Waals surface area contributed by atoms with Gasteiger partial charge in [-0.25, -0.2) is 4.79 Å². The lowest BCUT2D eigenvalue weighted by atomic mass is 10.1. The Balaban J connectivity index is 2.44. The number of nitrogen functional groups attached to an aromatic ring is 1. The molecule has 0 aliphatic heterocycles. The fraction of sp³-hybridized carbons (Fsp3) is 0.167. The predicted molar refractivity (Wildman–Crippen MR) is 68.5 cm³/mol. The van der Waals surface area contributed by atoms with Crippen molar-refractivity contribution >= 4 is 11.7 Å². The number of benzene rings is 1. The number of ether oxygens (including phenoxy) is 1. The summed E-state index contributed by atoms with van der Waals surface area (Å²) >= 11 is 0. The van der Waals surface area contributed by atoms with Gasteiger partial charge in [-0.1, -0.05) is 18.2 Å². The number of nitrogens with one attached hydrogen (secondary N) is 1. The second kappa shape index (κ2) is 5.30. The Morgan fingerprint density at radius 2 is 2.11 bits per heavy atom. The molecule has 0 amide bonds. The molecule has 0 spiro atoms. The molecule has 0 bridgehead atoms. The van der Waals surface area contributed by atoms with Crippen molar-refractivity contribution in [2.75, 3.05) is 12.3 Å². The molecular weight excluding hydrogens is 248 g/mol. The molecule has 3 N–H and O–H groups in total. The quantitative estimate of drug-likeness (QED) is 0.617. The molecule has 19 heavy (non-hydrogen) atoms. The van der Waals surface area contributed by atoms with Gasteiger partial charge in [0.2, 0.25) is 5.82 Å². The highest BCUT2D eigenvalue weighted by Crippen LogP contribution is 2.19. The van der Waals surface area contributed by atoms with Crippen LogP contribution in [0.25, 0.3) is 11.3 Å². The van der Waals surface area contributed by atoms with Crippen LogP contribution in [0, 0.1) is 0 Å². The summed E-state index contributed by atoms with van der Waals surface area (Å²) in [6.45, 7) is 1.85. The first-order valence-electron chi connectivity index (χ1n) is 5.62. The van der Waals surface area contributed by atoms with Crippen LogP contribution in [-0.2, 0) is 4.74 Å². The van der Waals surface area contributed by atoms with Crippen molar-refractivity contribution in [3.63, 3.8) is 0 Å². The van der Waals surface area contributed by atoms with Crippen molar-refractivity contribution in [2.45, 2.75) is 6.92 Å². The largest absolute Gasteiger partial charge is 0.460 e. The average molecular weight is 260 g/mol. The van der Waals surface area contributed by atoms with Crippen molar-refractivity contribution in [1.82, 2.24) is 15.2 Å². The molecule has 1 aromatic carbocycles. The summed E-state index contributed by atoms with van der Waals surface area (Å²) in [7, 11) is 0. The van der Waals surface area contributed by atoms with Crippen molar-refractivity contribution in [3.8, 4) is 11.3 Å². The predicted octanol–water partition coefficient (Wildman–Crippen LogP) is 0.591. The standard InChI is InChI=1S/C12H12N4O3/c1-2-19-12(18)10-14-11(17)9(15-16-10)7-5-3-4-6-8(7)13/h3-6H,2,13H2,1H3,(H,14,16,17). The van der Waals surface area contributed by atoms with Crippen LogP contribution in [0.4, 0.5) is 5.69 Å². The van der Waals surface area contributed by atoms with Gasteiger partial charge in [-0.2, -0.15) is 0 Å². The normalized spacial score (nSPS) is 10.2. The van der Waals surface area contributed by atoms with Gasteiger partial charge in [-0.15, -0.1) is 10.2 Å². The van der Waals surface area contributed by atoms with E-state index < -0.39 is 11.5 Å². The van der Waals surface area contributed by atoms with E-state index in [-0.39, 0.29) is 18.1 Å². The maximum atomic E-state index is 11.9. The molecule has 2 aromatic rings. The van der Waals surface area contributed by atoms with E-state index in [4.69, 9.17) is 10.5 Å². The average Bonchev–Trinajstić information content (AvgIpc) is 2.40. The zero-order valence-electron chi connectivity index (χ0n) is 10.2. The summed E-state index contributed by atoms with van der Waals surface area (Å²) < 4.78 is 4.72. The number of nitrogens with zero attached hydrogens (tertiary/aromatic N) is 2. The van der Waals surface area contributed by atoms with E-state index in [2.05, 4.69) is 15.2 Å². The number of anilines is 1. The Hall–Kier alpha value is -2.70. The van der Waals surface area contributed by atoms with Gasteiger partial charge in [0.15, 0.2) is 5.69 Å². The molecule has 98 valence electrons. The van der Waals surface area contributed by atoms with E-state index >= 15 is 0 Å². The molecule has 1 aromatic heterocycles. The number of hydrogen-bond donors (Lipinski definition) is 2. The van der Waals surface area contributed by atoms with E-state index in [1.54, 1.807) is 31.2 Å². The monoisotopic (exact) mass is 260 g/mol. The molecule has 0 saturated heterocycles. The van der Waals surface area contributed by atoms with Crippen molar-refractivity contribution in [2.24, 2.45) is 0 Å². The molecule has 0 unspecified atom stereocenters. The van der Waals surface area contributed by atoms with Crippen LogP contribution in [0.2, 0.25) is 0 Å². The fourth-order valence-corrected chi connectivity index (χ4v) is 1.52. The zero-order valence-corrected chi connectivity index (χ0v) is 10.2. The van der Waals surface area contributed by atoms with Gasteiger partial charge in [0, 0.05) is 11.3 Å². The minimum atomic E-state index is -0.723. The lowest BCUT2D eigenvalue weighted by Crippen LogP contribution is -2.21. The summed E-state index contributed by atoms with van der Waals surface area (Å²) in [5, 5.41) is 7.38. The van der Waals surface area contributed by atoms with Gasteiger partial charge in [0.25, 0.3) is 5.56 Å². The van der Waals surface area contributed by atoms with Crippen LogP contribution in [-0.4, -0.2) is 27.8 Å². The smallest absolute Gasteiger partial charge is 0.376 e. The van der Waals surface area contributed by atoms with E-state index in [0.717, 1.165) is 0 Å². The number of carbonyl (C=O) groups is 1. The minimum Gasteiger partial charge on any atom is -0.460 e. The van der Waals surface area contributed by atoms with Crippen LogP contribution < -0.4 is 11.3 Å². The highest BCUT2D eigenvalue weighted by molar-refractivity contribution is 5.85. The van der Waals surface area contributed by atoms with Gasteiger partial charge in [0.05, 0.1) is 6.61 Å². The molecule has 2 rings (SSSR count). The maximum absolute atomic E-state index is 11.9. The first-order chi connectivity index (χ1) is 9.13. The van der Waals surface area contributed by atoms with Crippen LogP contribution in [0.3, 0.4) is 0 Å². The molecule has 0 aliphatic carbocycles. The van der Waals surface area contributed by atoms with Gasteiger partial charge in [-0.05, 0) is 13.0 Å². The number of para-hydroxylation sites is 1. The molecule has 0 saturated carbocycles. The zero-order chi connectivity index (χ0) is 13.8. The first-order valence-corrected chi connectivity index (χ1v) is 5.62. The summed E-state index contributed by atoms with van der Waals surface area (Å²) in [4.78, 5) is 25.6. The molecule has 0 radical (unpaired) electrons. The number of aromatic amines is 1. The van der Waals surface area contributed by atoms with E-state index in [9.17, 15) is 9.59 Å². The number of rotatable bonds is 3. The topological polar surface area (TPSA) is 111 Å². The Morgan fingerprint density at radius 1 is 1.37 bits per heavy atom. The first kappa shape index (κ1) is 12.7. The lowest BCUT2D eigenvalue weighted by molar-refractivity contribution is 0.0510. The third-order valence-electron chi connectivity index (χ3n) is 2.38. The van der Waals surface area contributed by atoms with Crippen LogP contribution in [0.1, 0.15) is 17.5 Å². The highest BCUT2D eigenvalue weighted by Gasteiger charge is 2.14. The molecule has 0 atom stereocenters. The summed E-state index contributed by atoms with van der Waals surface area (Å²) in [5.74, 6) is -0.954. The van der Waals surface area contributed by atoms with Crippen LogP contribution in [0.15, 0.2) is 29.1 Å². The van der Waals surface area contributed by atoms with Gasteiger partial charge in [-0.3, -0.25) is 9.78 Å². The molecule has 7 heteroatoms. The number of H-pyrrole nitrogens is 1. The van der Waals surface area contributed by atoms with Gasteiger partial charge >= 0.3 is 5.97 Å². The Kier molecular flexibility index (Phi) is 3.56. The molecular formula is C12H12N4O3. The number of nitrogens with two attached hydrogens (primary N) is 1. The molecule has 0 fully saturated rings. The minimum absolute atomic E-state index is 0.0612. The summed E-state index contributed by atoms with van der Waals surface area (Å²) in [6, 6.07) is 6.77. The van der Waals surface area contributed by atoms with Gasteiger partial charge in [0.1, 0.15) is 0 Å². The Bertz CT molecular complexity index is 666.